The Kier molecular flexibility index (Phi) is 4.10. The third-order valence-electron chi connectivity index (χ3n) is 7.81. The lowest BCUT2D eigenvalue weighted by molar-refractivity contribution is -0.149. The minimum atomic E-state index is -2.99. The molecule has 4 aliphatic carbocycles. The quantitative estimate of drug-likeness (QED) is 0.839. The van der Waals surface area contributed by atoms with Crippen LogP contribution < -0.4 is 10.1 Å². The highest BCUT2D eigenvalue weighted by Gasteiger charge is 2.61. The molecule has 0 aromatic heterocycles. The van der Waals surface area contributed by atoms with Crippen LogP contribution in [0.15, 0.2) is 24.3 Å². The van der Waals surface area contributed by atoms with Gasteiger partial charge in [0.05, 0.1) is 24.0 Å². The predicted octanol–water partition coefficient (Wildman–Crippen LogP) is 2.84. The van der Waals surface area contributed by atoms with Gasteiger partial charge in [0.15, 0.2) is 9.84 Å². The average molecular weight is 404 g/mol. The number of amides is 1. The number of sulfone groups is 1. The van der Waals surface area contributed by atoms with Crippen LogP contribution in [-0.2, 0) is 20.0 Å². The molecule has 1 aliphatic heterocycles. The zero-order valence-electron chi connectivity index (χ0n) is 16.4. The van der Waals surface area contributed by atoms with E-state index in [0.29, 0.717) is 18.3 Å². The van der Waals surface area contributed by atoms with Crippen molar-refractivity contribution in [2.75, 3.05) is 18.6 Å². The standard InChI is InChI=1S/C22H29NO4S/c1-27-19-4-2-17(3-5-19)21-9-15-8-16(10-21)12-22(11-15,14-21)20(24)23-18-6-7-28(25,26)13-18/h2-5,15-16,18H,6-14H2,1H3,(H,23,24). The van der Waals surface area contributed by atoms with Gasteiger partial charge in [0.25, 0.3) is 0 Å². The van der Waals surface area contributed by atoms with Crippen molar-refractivity contribution in [3.63, 3.8) is 0 Å². The van der Waals surface area contributed by atoms with Crippen molar-refractivity contribution in [3.05, 3.63) is 29.8 Å². The Balaban J connectivity index is 1.42. The van der Waals surface area contributed by atoms with Crippen LogP contribution in [-0.4, -0.2) is 39.0 Å². The second-order valence-electron chi connectivity index (χ2n) is 9.82. The number of hydrogen-bond acceptors (Lipinski definition) is 4. The second-order valence-corrected chi connectivity index (χ2v) is 12.1. The molecule has 6 rings (SSSR count). The molecule has 1 amide bonds. The number of rotatable bonds is 4. The highest BCUT2D eigenvalue weighted by atomic mass is 32.2. The summed E-state index contributed by atoms with van der Waals surface area (Å²) in [5, 5.41) is 3.14. The van der Waals surface area contributed by atoms with E-state index >= 15 is 0 Å². The lowest BCUT2D eigenvalue weighted by atomic mass is 9.42. The van der Waals surface area contributed by atoms with Gasteiger partial charge in [-0.3, -0.25) is 4.79 Å². The first-order valence-electron chi connectivity index (χ1n) is 10.5. The van der Waals surface area contributed by atoms with Crippen molar-refractivity contribution in [1.29, 1.82) is 0 Å². The summed E-state index contributed by atoms with van der Waals surface area (Å²) < 4.78 is 28.9. The first-order valence-corrected chi connectivity index (χ1v) is 12.3. The highest BCUT2D eigenvalue weighted by molar-refractivity contribution is 7.91. The van der Waals surface area contributed by atoms with Gasteiger partial charge in [-0.25, -0.2) is 8.42 Å². The van der Waals surface area contributed by atoms with Gasteiger partial charge in [0.2, 0.25) is 5.91 Å². The van der Waals surface area contributed by atoms with E-state index in [-0.39, 0.29) is 34.3 Å². The molecule has 3 unspecified atom stereocenters. The summed E-state index contributed by atoms with van der Waals surface area (Å²) in [6.07, 6.45) is 6.96. The van der Waals surface area contributed by atoms with Crippen LogP contribution in [0, 0.1) is 17.3 Å². The predicted molar refractivity (Wildman–Crippen MR) is 107 cm³/mol. The fourth-order valence-corrected chi connectivity index (χ4v) is 8.73. The van der Waals surface area contributed by atoms with Crippen LogP contribution in [0.5, 0.6) is 5.75 Å². The summed E-state index contributed by atoms with van der Waals surface area (Å²) in [5.74, 6) is 2.48. The molecule has 1 heterocycles. The van der Waals surface area contributed by atoms with E-state index < -0.39 is 9.84 Å². The summed E-state index contributed by atoms with van der Waals surface area (Å²) >= 11 is 0. The lowest BCUT2D eigenvalue weighted by Crippen LogP contribution is -2.60. The normalized spacial score (nSPS) is 40.4. The van der Waals surface area contributed by atoms with E-state index in [1.54, 1.807) is 7.11 Å². The third-order valence-corrected chi connectivity index (χ3v) is 9.58. The molecule has 3 atom stereocenters. The summed E-state index contributed by atoms with van der Waals surface area (Å²) in [4.78, 5) is 13.4. The maximum Gasteiger partial charge on any atom is 0.226 e. The molecule has 0 radical (unpaired) electrons. The molecule has 1 aromatic rings. The average Bonchev–Trinajstić information content (AvgIpc) is 2.99. The van der Waals surface area contributed by atoms with Gasteiger partial charge in [-0.1, -0.05) is 12.1 Å². The number of benzene rings is 1. The van der Waals surface area contributed by atoms with E-state index in [1.807, 2.05) is 12.1 Å². The Morgan fingerprint density at radius 2 is 1.79 bits per heavy atom. The molecule has 4 saturated carbocycles. The highest BCUT2D eigenvalue weighted by Crippen LogP contribution is 2.65. The topological polar surface area (TPSA) is 72.5 Å². The van der Waals surface area contributed by atoms with E-state index in [0.717, 1.165) is 25.0 Å². The molecule has 0 spiro atoms. The van der Waals surface area contributed by atoms with Gasteiger partial charge in [0.1, 0.15) is 5.75 Å². The number of ether oxygens (including phenoxy) is 1. The minimum Gasteiger partial charge on any atom is -0.497 e. The van der Waals surface area contributed by atoms with Gasteiger partial charge in [-0.05, 0) is 79.9 Å². The molecule has 5 nitrogen and oxygen atoms in total. The molecule has 1 saturated heterocycles. The molecule has 1 N–H and O–H groups in total. The number of carbonyl (C=O) groups excluding carboxylic acids is 1. The monoisotopic (exact) mass is 403 g/mol. The molecule has 5 aliphatic rings. The second kappa shape index (κ2) is 6.22. The van der Waals surface area contributed by atoms with E-state index in [4.69, 9.17) is 4.74 Å². The molecule has 28 heavy (non-hydrogen) atoms. The van der Waals surface area contributed by atoms with Crippen molar-refractivity contribution < 1.29 is 17.9 Å². The number of hydrogen-bond donors (Lipinski definition) is 1. The van der Waals surface area contributed by atoms with E-state index in [2.05, 4.69) is 17.4 Å². The van der Waals surface area contributed by atoms with Crippen molar-refractivity contribution >= 4 is 15.7 Å². The van der Waals surface area contributed by atoms with Crippen LogP contribution >= 0.6 is 0 Å². The molecule has 6 heteroatoms. The molecule has 4 bridgehead atoms. The Morgan fingerprint density at radius 1 is 1.11 bits per heavy atom. The summed E-state index contributed by atoms with van der Waals surface area (Å²) in [5.41, 5.74) is 1.09. The maximum absolute atomic E-state index is 13.4. The van der Waals surface area contributed by atoms with Crippen LogP contribution in [0.1, 0.15) is 50.5 Å². The Morgan fingerprint density at radius 3 is 2.36 bits per heavy atom. The van der Waals surface area contributed by atoms with Crippen molar-refractivity contribution in [3.8, 4) is 5.75 Å². The van der Waals surface area contributed by atoms with Crippen LogP contribution in [0.25, 0.3) is 0 Å². The van der Waals surface area contributed by atoms with Crippen molar-refractivity contribution in [2.45, 2.75) is 56.4 Å². The number of methoxy groups -OCH3 is 1. The minimum absolute atomic E-state index is 0.0788. The van der Waals surface area contributed by atoms with Gasteiger partial charge >= 0.3 is 0 Å². The smallest absolute Gasteiger partial charge is 0.226 e. The fraction of sp³-hybridized carbons (Fsp3) is 0.682. The van der Waals surface area contributed by atoms with Crippen LogP contribution in [0.4, 0.5) is 0 Å². The first kappa shape index (κ1) is 18.5. The summed E-state index contributed by atoms with van der Waals surface area (Å²) in [7, 11) is -1.30. The molecule has 152 valence electrons. The third kappa shape index (κ3) is 2.95. The lowest BCUT2D eigenvalue weighted by Gasteiger charge is -2.61. The zero-order valence-corrected chi connectivity index (χ0v) is 17.3. The Bertz CT molecular complexity index is 878. The molecular weight excluding hydrogens is 374 g/mol. The SMILES string of the molecule is COc1ccc(C23CC4CC(CC(C(=O)NC5CCS(=O)(=O)C5)(C4)C2)C3)cc1. The van der Waals surface area contributed by atoms with Crippen molar-refractivity contribution in [1.82, 2.24) is 5.32 Å². The maximum atomic E-state index is 13.4. The summed E-state index contributed by atoms with van der Waals surface area (Å²) in [6, 6.07) is 8.22. The largest absolute Gasteiger partial charge is 0.497 e. The van der Waals surface area contributed by atoms with Gasteiger partial charge < -0.3 is 10.1 Å². The fourth-order valence-electron chi connectivity index (χ4n) is 7.06. The molecule has 5 fully saturated rings. The van der Waals surface area contributed by atoms with Crippen LogP contribution in [0.3, 0.4) is 0 Å². The summed E-state index contributed by atoms with van der Waals surface area (Å²) in [6.45, 7) is 0. The van der Waals surface area contributed by atoms with E-state index in [9.17, 15) is 13.2 Å². The Labute approximate surface area is 167 Å². The van der Waals surface area contributed by atoms with E-state index in [1.165, 1.54) is 24.8 Å². The number of nitrogens with one attached hydrogen (secondary N) is 1. The Hall–Kier alpha value is -1.56. The van der Waals surface area contributed by atoms with Gasteiger partial charge in [-0.15, -0.1) is 0 Å². The van der Waals surface area contributed by atoms with Gasteiger partial charge in [-0.2, -0.15) is 0 Å². The zero-order chi connectivity index (χ0) is 19.6. The van der Waals surface area contributed by atoms with Gasteiger partial charge in [0, 0.05) is 6.04 Å². The van der Waals surface area contributed by atoms with Crippen molar-refractivity contribution in [2.24, 2.45) is 17.3 Å². The van der Waals surface area contributed by atoms with Crippen LogP contribution in [0.2, 0.25) is 0 Å². The number of carbonyl (C=O) groups is 1. The molecule has 1 aromatic carbocycles. The molecular formula is C22H29NO4S. The first-order chi connectivity index (χ1) is 13.3.